The number of phenols is 4. The van der Waals surface area contributed by atoms with Gasteiger partial charge in [-0.05, 0) is 145 Å². The predicted octanol–water partition coefficient (Wildman–Crippen LogP) is 15.9. The van der Waals surface area contributed by atoms with Crippen molar-refractivity contribution in [3.05, 3.63) is 237 Å². The van der Waals surface area contributed by atoms with E-state index in [0.717, 1.165) is 44.6 Å². The molecule has 0 spiro atoms. The standard InChI is InChI=1S/C76H80O14/c1-49(17-13-19-51(3)21-35-65-53(5)73(85)67(47-75(65,7)8)89-71(83)39-37-69(81)87-63-31-27-55(28-32-63)23-25-57-41-59(77)45-60(78)42-57)15-11-12-16-50(2)18-14-20-52(4)22-36-66-54(6)74(86)68(48-76(66,9)10)90-72(84)40-38-70(82)88-64-33-29-56(30-34-64)24-26-58-43-61(79)46-62(80)44-58/h11-36,41-46,67-68,77-80H,37-40,47-48H2,1-10H3. The van der Waals surface area contributed by atoms with E-state index in [2.05, 4.69) is 0 Å². The molecule has 0 bridgehead atoms. The number of hydrogen-bond acceptors (Lipinski definition) is 14. The number of rotatable bonds is 24. The number of phenolic OH excluding ortho intramolecular Hbond substituents is 4. The summed E-state index contributed by atoms with van der Waals surface area (Å²) in [5.74, 6) is -2.76. The molecule has 4 N–H and O–H groups in total. The largest absolute Gasteiger partial charge is 0.508 e. The van der Waals surface area contributed by atoms with Gasteiger partial charge >= 0.3 is 23.9 Å². The molecule has 0 saturated carbocycles. The molecule has 90 heavy (non-hydrogen) atoms. The summed E-state index contributed by atoms with van der Waals surface area (Å²) in [5, 5.41) is 38.8. The lowest BCUT2D eigenvalue weighted by atomic mass is 9.71. The summed E-state index contributed by atoms with van der Waals surface area (Å²) in [6.45, 7) is 19.5. The Kier molecular flexibility index (Phi) is 24.7. The lowest BCUT2D eigenvalue weighted by Crippen LogP contribution is -2.39. The van der Waals surface area contributed by atoms with Crippen LogP contribution in [-0.4, -0.2) is 68.1 Å². The molecule has 14 nitrogen and oxygen atoms in total. The number of allylic oxidation sites excluding steroid dienone is 20. The summed E-state index contributed by atoms with van der Waals surface area (Å²) in [6.07, 6.45) is 32.3. The first-order valence-corrected chi connectivity index (χ1v) is 29.6. The van der Waals surface area contributed by atoms with Crippen molar-refractivity contribution in [2.45, 2.75) is 120 Å². The van der Waals surface area contributed by atoms with E-state index in [0.29, 0.717) is 33.8 Å². The highest BCUT2D eigenvalue weighted by Crippen LogP contribution is 2.42. The minimum atomic E-state index is -0.973. The van der Waals surface area contributed by atoms with Gasteiger partial charge in [0.05, 0.1) is 25.7 Å². The Labute approximate surface area is 527 Å². The Balaban J connectivity index is 0.899. The molecule has 0 heterocycles. The van der Waals surface area contributed by atoms with Gasteiger partial charge in [0.1, 0.15) is 34.5 Å². The van der Waals surface area contributed by atoms with Crippen molar-refractivity contribution < 1.29 is 68.1 Å². The van der Waals surface area contributed by atoms with Gasteiger partial charge in [0.25, 0.3) is 0 Å². The van der Waals surface area contributed by atoms with Crippen molar-refractivity contribution in [2.75, 3.05) is 0 Å². The summed E-state index contributed by atoms with van der Waals surface area (Å²) in [5.41, 5.74) is 8.57. The highest BCUT2D eigenvalue weighted by atomic mass is 16.6. The van der Waals surface area contributed by atoms with Crippen LogP contribution >= 0.6 is 0 Å². The van der Waals surface area contributed by atoms with Gasteiger partial charge in [-0.3, -0.25) is 28.8 Å². The highest BCUT2D eigenvalue weighted by molar-refractivity contribution is 6.02. The Morgan fingerprint density at radius 1 is 0.422 bits per heavy atom. The van der Waals surface area contributed by atoms with E-state index >= 15 is 0 Å². The van der Waals surface area contributed by atoms with Crippen molar-refractivity contribution in [2.24, 2.45) is 10.8 Å². The van der Waals surface area contributed by atoms with Gasteiger partial charge in [-0.1, -0.05) is 184 Å². The van der Waals surface area contributed by atoms with Crippen molar-refractivity contribution >= 4 is 59.7 Å². The number of Topliss-reactive ketones (excluding diaryl/α,β-unsaturated/α-hetero) is 2. The first kappa shape index (κ1) is 69.0. The summed E-state index contributed by atoms with van der Waals surface area (Å²) >= 11 is 0. The van der Waals surface area contributed by atoms with E-state index in [1.54, 1.807) is 86.7 Å². The van der Waals surface area contributed by atoms with Gasteiger partial charge in [0.2, 0.25) is 0 Å². The molecule has 0 radical (unpaired) electrons. The van der Waals surface area contributed by atoms with E-state index in [9.17, 15) is 49.2 Å². The number of carbonyl (C=O) groups is 6. The first-order chi connectivity index (χ1) is 42.6. The van der Waals surface area contributed by atoms with Gasteiger partial charge in [0, 0.05) is 25.0 Å². The maximum atomic E-state index is 13.5. The van der Waals surface area contributed by atoms with E-state index in [1.807, 2.05) is 140 Å². The smallest absolute Gasteiger partial charge is 0.311 e. The van der Waals surface area contributed by atoms with Crippen LogP contribution < -0.4 is 9.47 Å². The van der Waals surface area contributed by atoms with E-state index in [-0.39, 0.29) is 73.1 Å². The molecule has 14 heteroatoms. The molecule has 0 aromatic heterocycles. The second-order valence-electron chi connectivity index (χ2n) is 23.7. The van der Waals surface area contributed by atoms with Crippen LogP contribution in [0.3, 0.4) is 0 Å². The fraction of sp³-hybridized carbons (Fsp3) is 0.263. The quantitative estimate of drug-likeness (QED) is 0.0222. The molecule has 0 saturated heterocycles. The molecule has 0 fully saturated rings. The van der Waals surface area contributed by atoms with Crippen molar-refractivity contribution in [3.63, 3.8) is 0 Å². The van der Waals surface area contributed by atoms with Crippen LogP contribution in [0.1, 0.15) is 130 Å². The summed E-state index contributed by atoms with van der Waals surface area (Å²) < 4.78 is 22.1. The minimum Gasteiger partial charge on any atom is -0.508 e. The molecule has 6 rings (SSSR count). The Hall–Kier alpha value is -10.1. The SMILES string of the molecule is CC(C=CC=C(C)C=CC1=C(C)C(=O)C(OC(=O)CCC(=O)Oc2ccc(C=Cc3cc(O)cc(O)c3)cc2)CC1(C)C)=CC=CC=C(C)C=CC=C(C)C=CC1=C(C)C(=O)C(OC(=O)CCC(=O)Oc2ccc(C=Cc3cc(O)cc(O)c3)cc2)CC1(C)C. The van der Waals surface area contributed by atoms with Gasteiger partial charge in [-0.25, -0.2) is 0 Å². The fourth-order valence-corrected chi connectivity index (χ4v) is 10.1. The maximum absolute atomic E-state index is 13.5. The van der Waals surface area contributed by atoms with Crippen LogP contribution in [0, 0.1) is 10.8 Å². The van der Waals surface area contributed by atoms with Crippen molar-refractivity contribution in [1.29, 1.82) is 0 Å². The van der Waals surface area contributed by atoms with Crippen molar-refractivity contribution in [1.82, 2.24) is 0 Å². The van der Waals surface area contributed by atoms with Gasteiger partial charge in [-0.2, -0.15) is 0 Å². The normalized spacial score (nSPS) is 17.8. The fourth-order valence-electron chi connectivity index (χ4n) is 10.1. The average molecular weight is 1220 g/mol. The summed E-state index contributed by atoms with van der Waals surface area (Å²) in [7, 11) is 0. The molecule has 4 aromatic rings. The molecule has 0 aliphatic heterocycles. The van der Waals surface area contributed by atoms with Crippen molar-refractivity contribution in [3.8, 4) is 34.5 Å². The van der Waals surface area contributed by atoms with Gasteiger partial charge in [-0.15, -0.1) is 0 Å². The number of carbonyl (C=O) groups excluding carboxylic acids is 6. The van der Waals surface area contributed by atoms with E-state index < -0.39 is 46.9 Å². The maximum Gasteiger partial charge on any atom is 0.311 e. The van der Waals surface area contributed by atoms with Gasteiger partial charge < -0.3 is 39.4 Å². The third kappa shape index (κ3) is 22.0. The molecule has 2 atom stereocenters. The number of hydrogen-bond donors (Lipinski definition) is 4. The molecular formula is C76H80O14. The highest BCUT2D eigenvalue weighted by Gasteiger charge is 2.41. The minimum absolute atomic E-state index is 0.0563. The van der Waals surface area contributed by atoms with E-state index in [1.165, 1.54) is 36.4 Å². The second-order valence-corrected chi connectivity index (χ2v) is 23.7. The third-order valence-corrected chi connectivity index (χ3v) is 14.9. The second kappa shape index (κ2) is 32.2. The zero-order chi connectivity index (χ0) is 65.7. The predicted molar refractivity (Wildman–Crippen MR) is 353 cm³/mol. The monoisotopic (exact) mass is 1220 g/mol. The van der Waals surface area contributed by atoms with Crippen LogP contribution in [-0.2, 0) is 38.2 Å². The third-order valence-electron chi connectivity index (χ3n) is 14.9. The van der Waals surface area contributed by atoms with Crippen LogP contribution in [0.2, 0.25) is 0 Å². The Morgan fingerprint density at radius 3 is 1.07 bits per heavy atom. The number of ether oxygens (including phenoxy) is 4. The molecular weight excluding hydrogens is 1140 g/mol. The summed E-state index contributed by atoms with van der Waals surface area (Å²) in [6, 6.07) is 21.9. The average Bonchev–Trinajstić information content (AvgIpc) is 1.26. The lowest BCUT2D eigenvalue weighted by molar-refractivity contribution is -0.157. The summed E-state index contributed by atoms with van der Waals surface area (Å²) in [4.78, 5) is 77.9. The Bertz CT molecular complexity index is 3480. The zero-order valence-corrected chi connectivity index (χ0v) is 52.7. The molecule has 4 aromatic carbocycles. The molecule has 2 aliphatic carbocycles. The number of esters is 4. The van der Waals surface area contributed by atoms with Crippen LogP contribution in [0.4, 0.5) is 0 Å². The molecule has 2 unspecified atom stereocenters. The molecule has 2 aliphatic rings. The lowest BCUT2D eigenvalue weighted by Gasteiger charge is -2.36. The van der Waals surface area contributed by atoms with Gasteiger partial charge in [0.15, 0.2) is 23.8 Å². The van der Waals surface area contributed by atoms with Crippen LogP contribution in [0.25, 0.3) is 24.3 Å². The van der Waals surface area contributed by atoms with Crippen LogP contribution in [0.5, 0.6) is 34.5 Å². The van der Waals surface area contributed by atoms with Crippen LogP contribution in [0.15, 0.2) is 215 Å². The number of ketones is 2. The Morgan fingerprint density at radius 2 is 0.722 bits per heavy atom. The zero-order valence-electron chi connectivity index (χ0n) is 52.7. The first-order valence-electron chi connectivity index (χ1n) is 29.6. The molecule has 0 amide bonds. The molecule has 468 valence electrons. The number of aromatic hydroxyl groups is 4. The number of benzene rings is 4. The topological polar surface area (TPSA) is 220 Å². The van der Waals surface area contributed by atoms with E-state index in [4.69, 9.17) is 18.9 Å².